The highest BCUT2D eigenvalue weighted by Crippen LogP contribution is 2.19. The number of benzene rings is 1. The Kier molecular flexibility index (Phi) is 3.64. The topological polar surface area (TPSA) is 20.3 Å². The zero-order valence-corrected chi connectivity index (χ0v) is 11.0. The fourth-order valence-corrected chi connectivity index (χ4v) is 2.28. The van der Waals surface area contributed by atoms with Gasteiger partial charge in [0.2, 0.25) is 0 Å². The molecule has 0 radical (unpaired) electrons. The van der Waals surface area contributed by atoms with E-state index >= 15 is 0 Å². The van der Waals surface area contributed by atoms with E-state index < -0.39 is 0 Å². The van der Waals surface area contributed by atoms with Crippen LogP contribution in [0.15, 0.2) is 24.3 Å². The van der Waals surface area contributed by atoms with Crippen LogP contribution in [0.3, 0.4) is 0 Å². The Labute approximate surface area is 105 Å². The van der Waals surface area contributed by atoms with Gasteiger partial charge >= 0.3 is 0 Å². The molecule has 1 heterocycles. The molecular weight excluding hydrogens is 266 g/mol. The minimum Gasteiger partial charge on any atom is -0.338 e. The second-order valence-corrected chi connectivity index (χ2v) is 5.07. The van der Waals surface area contributed by atoms with Gasteiger partial charge in [-0.15, -0.1) is 0 Å². The van der Waals surface area contributed by atoms with Crippen molar-refractivity contribution in [2.45, 2.75) is 13.3 Å². The molecule has 0 aliphatic carbocycles. The SMILES string of the molecule is CC(CBr)CN1CCc2ccccc2C1=O. The largest absolute Gasteiger partial charge is 0.338 e. The van der Waals surface area contributed by atoms with Crippen molar-refractivity contribution in [3.63, 3.8) is 0 Å². The number of rotatable bonds is 3. The highest BCUT2D eigenvalue weighted by molar-refractivity contribution is 9.09. The Hall–Kier alpha value is -0.830. The molecule has 86 valence electrons. The van der Waals surface area contributed by atoms with Gasteiger partial charge in [-0.05, 0) is 24.0 Å². The lowest BCUT2D eigenvalue weighted by atomic mass is 9.98. The molecule has 1 aliphatic rings. The van der Waals surface area contributed by atoms with Gasteiger partial charge in [-0.1, -0.05) is 41.1 Å². The first-order chi connectivity index (χ1) is 7.72. The van der Waals surface area contributed by atoms with Gasteiger partial charge in [0, 0.05) is 24.0 Å². The molecule has 2 nitrogen and oxygen atoms in total. The van der Waals surface area contributed by atoms with Crippen LogP contribution in [0, 0.1) is 5.92 Å². The van der Waals surface area contributed by atoms with Gasteiger partial charge in [-0.2, -0.15) is 0 Å². The van der Waals surface area contributed by atoms with E-state index in [1.807, 2.05) is 23.1 Å². The molecule has 1 amide bonds. The molecule has 0 bridgehead atoms. The van der Waals surface area contributed by atoms with Crippen molar-refractivity contribution in [1.29, 1.82) is 0 Å². The summed E-state index contributed by atoms with van der Waals surface area (Å²) in [7, 11) is 0. The van der Waals surface area contributed by atoms with Gasteiger partial charge in [0.15, 0.2) is 0 Å². The quantitative estimate of drug-likeness (QED) is 0.781. The first-order valence-electron chi connectivity index (χ1n) is 5.65. The van der Waals surface area contributed by atoms with Crippen molar-refractivity contribution in [2.24, 2.45) is 5.92 Å². The molecule has 0 saturated heterocycles. The Bertz CT molecular complexity index is 391. The fourth-order valence-electron chi connectivity index (χ4n) is 2.07. The summed E-state index contributed by atoms with van der Waals surface area (Å²) in [5, 5.41) is 0.943. The van der Waals surface area contributed by atoms with Crippen LogP contribution in [0.25, 0.3) is 0 Å². The molecule has 0 spiro atoms. The summed E-state index contributed by atoms with van der Waals surface area (Å²) in [5.41, 5.74) is 2.07. The molecule has 1 aromatic rings. The minimum absolute atomic E-state index is 0.189. The normalized spacial score (nSPS) is 17.1. The zero-order chi connectivity index (χ0) is 11.5. The highest BCUT2D eigenvalue weighted by Gasteiger charge is 2.24. The van der Waals surface area contributed by atoms with Crippen molar-refractivity contribution in [1.82, 2.24) is 4.90 Å². The minimum atomic E-state index is 0.189. The Balaban J connectivity index is 2.15. The van der Waals surface area contributed by atoms with Gasteiger partial charge in [0.25, 0.3) is 5.91 Å². The van der Waals surface area contributed by atoms with Crippen LogP contribution in [0.2, 0.25) is 0 Å². The average molecular weight is 282 g/mol. The number of hydrogen-bond donors (Lipinski definition) is 0. The maximum absolute atomic E-state index is 12.2. The average Bonchev–Trinajstić information content (AvgIpc) is 2.33. The molecule has 0 aromatic heterocycles. The van der Waals surface area contributed by atoms with Gasteiger partial charge in [-0.25, -0.2) is 0 Å². The summed E-state index contributed by atoms with van der Waals surface area (Å²) in [6.45, 7) is 3.86. The molecule has 1 unspecified atom stereocenters. The maximum atomic E-state index is 12.2. The van der Waals surface area contributed by atoms with E-state index in [9.17, 15) is 4.79 Å². The molecule has 0 fully saturated rings. The first kappa shape index (κ1) is 11.6. The van der Waals surface area contributed by atoms with Gasteiger partial charge in [0.1, 0.15) is 0 Å². The van der Waals surface area contributed by atoms with Crippen molar-refractivity contribution >= 4 is 21.8 Å². The van der Waals surface area contributed by atoms with Crippen LogP contribution >= 0.6 is 15.9 Å². The van der Waals surface area contributed by atoms with Crippen molar-refractivity contribution < 1.29 is 4.79 Å². The second-order valence-electron chi connectivity index (χ2n) is 4.42. The molecule has 3 heteroatoms. The number of carbonyl (C=O) groups excluding carboxylic acids is 1. The zero-order valence-electron chi connectivity index (χ0n) is 9.45. The van der Waals surface area contributed by atoms with Crippen LogP contribution in [-0.4, -0.2) is 29.2 Å². The van der Waals surface area contributed by atoms with Crippen LogP contribution in [0.5, 0.6) is 0 Å². The Morgan fingerprint density at radius 3 is 2.94 bits per heavy atom. The molecule has 0 N–H and O–H groups in total. The summed E-state index contributed by atoms with van der Waals surface area (Å²) in [5.74, 6) is 0.698. The smallest absolute Gasteiger partial charge is 0.254 e. The lowest BCUT2D eigenvalue weighted by Gasteiger charge is -2.30. The van der Waals surface area contributed by atoms with E-state index in [4.69, 9.17) is 0 Å². The molecule has 16 heavy (non-hydrogen) atoms. The van der Waals surface area contributed by atoms with Crippen LogP contribution in [0.4, 0.5) is 0 Å². The number of amides is 1. The van der Waals surface area contributed by atoms with E-state index in [1.54, 1.807) is 0 Å². The predicted molar refractivity (Wildman–Crippen MR) is 69.0 cm³/mol. The second kappa shape index (κ2) is 5.00. The van der Waals surface area contributed by atoms with Gasteiger partial charge in [0.05, 0.1) is 0 Å². The number of nitrogens with zero attached hydrogens (tertiary/aromatic N) is 1. The molecular formula is C13H16BrNO. The van der Waals surface area contributed by atoms with E-state index in [2.05, 4.69) is 28.9 Å². The third kappa shape index (κ3) is 2.29. The third-order valence-electron chi connectivity index (χ3n) is 2.98. The molecule has 2 rings (SSSR count). The number of hydrogen-bond acceptors (Lipinski definition) is 1. The van der Waals surface area contributed by atoms with Gasteiger partial charge in [-0.3, -0.25) is 4.79 Å². The lowest BCUT2D eigenvalue weighted by molar-refractivity contribution is 0.0721. The standard InChI is InChI=1S/C13H16BrNO/c1-10(8-14)9-15-7-6-11-4-2-3-5-12(11)13(15)16/h2-5,10H,6-9H2,1H3. The van der Waals surface area contributed by atoms with Crippen molar-refractivity contribution in [3.8, 4) is 0 Å². The summed E-state index contributed by atoms with van der Waals surface area (Å²) in [6, 6.07) is 7.93. The predicted octanol–water partition coefficient (Wildman–Crippen LogP) is 2.72. The van der Waals surface area contributed by atoms with Crippen molar-refractivity contribution in [2.75, 3.05) is 18.4 Å². The van der Waals surface area contributed by atoms with Crippen LogP contribution in [-0.2, 0) is 6.42 Å². The van der Waals surface area contributed by atoms with E-state index in [1.165, 1.54) is 5.56 Å². The number of carbonyl (C=O) groups is 1. The van der Waals surface area contributed by atoms with E-state index in [0.29, 0.717) is 5.92 Å². The van der Waals surface area contributed by atoms with E-state index in [0.717, 1.165) is 30.4 Å². The highest BCUT2D eigenvalue weighted by atomic mass is 79.9. The maximum Gasteiger partial charge on any atom is 0.254 e. The fraction of sp³-hybridized carbons (Fsp3) is 0.462. The summed E-state index contributed by atoms with van der Waals surface area (Å²) >= 11 is 3.46. The lowest BCUT2D eigenvalue weighted by Crippen LogP contribution is -2.40. The Morgan fingerprint density at radius 1 is 1.44 bits per heavy atom. The number of fused-ring (bicyclic) bond motifs is 1. The van der Waals surface area contributed by atoms with Crippen LogP contribution < -0.4 is 0 Å². The number of alkyl halides is 1. The molecule has 1 aliphatic heterocycles. The summed E-state index contributed by atoms with van der Waals surface area (Å²) in [6.07, 6.45) is 0.983. The number of halogens is 1. The first-order valence-corrected chi connectivity index (χ1v) is 6.77. The summed E-state index contributed by atoms with van der Waals surface area (Å²) < 4.78 is 0. The summed E-state index contributed by atoms with van der Waals surface area (Å²) in [4.78, 5) is 14.1. The molecule has 0 saturated carbocycles. The molecule has 1 atom stereocenters. The van der Waals surface area contributed by atoms with E-state index in [-0.39, 0.29) is 5.91 Å². The third-order valence-corrected chi connectivity index (χ3v) is 4.09. The van der Waals surface area contributed by atoms with Gasteiger partial charge < -0.3 is 4.90 Å². The van der Waals surface area contributed by atoms with Crippen molar-refractivity contribution in [3.05, 3.63) is 35.4 Å². The monoisotopic (exact) mass is 281 g/mol. The Morgan fingerprint density at radius 2 is 2.19 bits per heavy atom. The van der Waals surface area contributed by atoms with Crippen LogP contribution in [0.1, 0.15) is 22.8 Å². The molecule has 1 aromatic carbocycles.